The molecule has 0 saturated carbocycles. The number of hydrogen-bond donors (Lipinski definition) is 2. The minimum absolute atomic E-state index is 0.0260. The smallest absolute Gasteiger partial charge is 0.263 e. The van der Waals surface area contributed by atoms with Crippen LogP contribution in [0.3, 0.4) is 0 Å². The molecule has 1 atom stereocenters. The van der Waals surface area contributed by atoms with Crippen LogP contribution in [-0.2, 0) is 9.59 Å². The molecule has 1 unspecified atom stereocenters. The van der Waals surface area contributed by atoms with Crippen molar-refractivity contribution in [1.29, 1.82) is 0 Å². The first kappa shape index (κ1) is 17.4. The Bertz CT molecular complexity index is 845. The zero-order valence-corrected chi connectivity index (χ0v) is 15.3. The number of anilines is 2. The first-order chi connectivity index (χ1) is 13.1. The predicted molar refractivity (Wildman–Crippen MR) is 104 cm³/mol. The van der Waals surface area contributed by atoms with Gasteiger partial charge in [-0.1, -0.05) is 30.3 Å². The van der Waals surface area contributed by atoms with Crippen molar-refractivity contribution in [2.75, 3.05) is 23.7 Å². The van der Waals surface area contributed by atoms with E-state index in [0.717, 1.165) is 11.4 Å². The molecular weight excluding hydrogens is 342 g/mol. The molecule has 0 aliphatic carbocycles. The number of piperidine rings is 1. The number of nitrogens with zero attached hydrogens (tertiary/aromatic N) is 1. The highest BCUT2D eigenvalue weighted by Crippen LogP contribution is 2.36. The number of likely N-dealkylation sites (tertiary alicyclic amines) is 1. The molecule has 2 aromatic rings. The van der Waals surface area contributed by atoms with Crippen LogP contribution in [0.5, 0.6) is 5.75 Å². The fourth-order valence-electron chi connectivity index (χ4n) is 3.73. The van der Waals surface area contributed by atoms with Crippen LogP contribution in [0.2, 0.25) is 0 Å². The third kappa shape index (κ3) is 3.35. The highest BCUT2D eigenvalue weighted by Gasteiger charge is 2.45. The molecule has 4 rings (SSSR count). The zero-order valence-electron chi connectivity index (χ0n) is 15.3. The number of carbonyl (C=O) groups is 2. The third-order valence-corrected chi connectivity index (χ3v) is 5.32. The Morgan fingerprint density at radius 1 is 1.04 bits per heavy atom. The Morgan fingerprint density at radius 3 is 2.37 bits per heavy atom. The lowest BCUT2D eigenvalue weighted by molar-refractivity contribution is -0.140. The van der Waals surface area contributed by atoms with Crippen molar-refractivity contribution in [3.8, 4) is 5.75 Å². The van der Waals surface area contributed by atoms with Gasteiger partial charge in [-0.15, -0.1) is 0 Å². The van der Waals surface area contributed by atoms with Gasteiger partial charge in [0.1, 0.15) is 11.3 Å². The standard InChI is InChI=1S/C21H23N3O3/c1-15(27-16-7-3-2-4-8-16)19(25)24-13-11-21(12-14-24)20(26)22-17-9-5-6-10-18(17)23-21/h2-10,15,23H,11-14H2,1H3,(H,22,26). The lowest BCUT2D eigenvalue weighted by atomic mass is 9.84. The van der Waals surface area contributed by atoms with Crippen molar-refractivity contribution in [3.63, 3.8) is 0 Å². The molecular formula is C21H23N3O3. The summed E-state index contributed by atoms with van der Waals surface area (Å²) < 4.78 is 5.75. The second kappa shape index (κ2) is 6.95. The van der Waals surface area contributed by atoms with Crippen molar-refractivity contribution in [3.05, 3.63) is 54.6 Å². The maximum absolute atomic E-state index is 12.7. The summed E-state index contributed by atoms with van der Waals surface area (Å²) in [5, 5.41) is 6.40. The molecule has 2 aliphatic heterocycles. The van der Waals surface area contributed by atoms with Crippen LogP contribution in [0.25, 0.3) is 0 Å². The van der Waals surface area contributed by atoms with Gasteiger partial charge < -0.3 is 20.3 Å². The monoisotopic (exact) mass is 365 g/mol. The molecule has 1 saturated heterocycles. The second-order valence-electron chi connectivity index (χ2n) is 7.11. The molecule has 2 heterocycles. The SMILES string of the molecule is CC(Oc1ccccc1)C(=O)N1CCC2(CC1)Nc1ccccc1NC2=O. The van der Waals surface area contributed by atoms with Crippen LogP contribution in [-0.4, -0.2) is 41.4 Å². The third-order valence-electron chi connectivity index (χ3n) is 5.32. The average molecular weight is 365 g/mol. The first-order valence-electron chi connectivity index (χ1n) is 9.27. The van der Waals surface area contributed by atoms with Gasteiger partial charge in [0.05, 0.1) is 11.4 Å². The van der Waals surface area contributed by atoms with Gasteiger partial charge in [-0.25, -0.2) is 0 Å². The predicted octanol–water partition coefficient (Wildman–Crippen LogP) is 2.88. The summed E-state index contributed by atoms with van der Waals surface area (Å²) in [6.45, 7) is 2.80. The van der Waals surface area contributed by atoms with Crippen LogP contribution >= 0.6 is 0 Å². The minimum atomic E-state index is -0.658. The number of para-hydroxylation sites is 3. The maximum atomic E-state index is 12.7. The van der Waals surface area contributed by atoms with Crippen LogP contribution in [0.15, 0.2) is 54.6 Å². The van der Waals surface area contributed by atoms with Gasteiger partial charge in [0.2, 0.25) is 5.91 Å². The maximum Gasteiger partial charge on any atom is 0.263 e. The number of amides is 2. The average Bonchev–Trinajstić information content (AvgIpc) is 2.70. The summed E-state index contributed by atoms with van der Waals surface area (Å²) in [6.07, 6.45) is 0.573. The summed E-state index contributed by atoms with van der Waals surface area (Å²) >= 11 is 0. The van der Waals surface area contributed by atoms with Crippen LogP contribution < -0.4 is 15.4 Å². The highest BCUT2D eigenvalue weighted by molar-refractivity contribution is 6.06. The summed E-state index contributed by atoms with van der Waals surface area (Å²) in [4.78, 5) is 27.2. The van der Waals surface area contributed by atoms with E-state index in [0.29, 0.717) is 31.7 Å². The van der Waals surface area contributed by atoms with E-state index in [1.54, 1.807) is 11.8 Å². The molecule has 1 fully saturated rings. The number of ether oxygens (including phenoxy) is 1. The fourth-order valence-corrected chi connectivity index (χ4v) is 3.73. The molecule has 2 aromatic carbocycles. The molecule has 140 valence electrons. The zero-order chi connectivity index (χ0) is 18.9. The van der Waals surface area contributed by atoms with Crippen molar-refractivity contribution in [2.24, 2.45) is 0 Å². The van der Waals surface area contributed by atoms with E-state index >= 15 is 0 Å². The van der Waals surface area contributed by atoms with Gasteiger partial charge in [0, 0.05) is 13.1 Å². The molecule has 0 aromatic heterocycles. The van der Waals surface area contributed by atoms with Crippen molar-refractivity contribution < 1.29 is 14.3 Å². The van der Waals surface area contributed by atoms with Gasteiger partial charge in [0.15, 0.2) is 6.10 Å². The van der Waals surface area contributed by atoms with Crippen molar-refractivity contribution in [2.45, 2.75) is 31.4 Å². The Morgan fingerprint density at radius 2 is 1.67 bits per heavy atom. The van der Waals surface area contributed by atoms with E-state index < -0.39 is 11.6 Å². The molecule has 6 nitrogen and oxygen atoms in total. The van der Waals surface area contributed by atoms with Gasteiger partial charge in [-0.05, 0) is 44.0 Å². The number of benzene rings is 2. The Labute approximate surface area is 158 Å². The summed E-state index contributed by atoms with van der Waals surface area (Å²) in [6, 6.07) is 17.0. The van der Waals surface area contributed by atoms with E-state index in [9.17, 15) is 9.59 Å². The lowest BCUT2D eigenvalue weighted by Crippen LogP contribution is -2.59. The fraction of sp³-hybridized carbons (Fsp3) is 0.333. The molecule has 1 spiro atoms. The molecule has 2 N–H and O–H groups in total. The number of nitrogens with one attached hydrogen (secondary N) is 2. The van der Waals surface area contributed by atoms with Gasteiger partial charge >= 0.3 is 0 Å². The minimum Gasteiger partial charge on any atom is -0.481 e. The number of hydrogen-bond acceptors (Lipinski definition) is 4. The summed E-state index contributed by atoms with van der Waals surface area (Å²) in [7, 11) is 0. The summed E-state index contributed by atoms with van der Waals surface area (Å²) in [5.74, 6) is 0.601. The van der Waals surface area contributed by atoms with Crippen LogP contribution in [0.4, 0.5) is 11.4 Å². The Hall–Kier alpha value is -3.02. The van der Waals surface area contributed by atoms with Crippen molar-refractivity contribution in [1.82, 2.24) is 4.90 Å². The Kier molecular flexibility index (Phi) is 4.48. The molecule has 2 amide bonds. The molecule has 0 radical (unpaired) electrons. The second-order valence-corrected chi connectivity index (χ2v) is 7.11. The molecule has 2 aliphatic rings. The number of fused-ring (bicyclic) bond motifs is 1. The van der Waals surface area contributed by atoms with E-state index in [-0.39, 0.29) is 11.8 Å². The van der Waals surface area contributed by atoms with Crippen molar-refractivity contribution >= 4 is 23.2 Å². The van der Waals surface area contributed by atoms with Gasteiger partial charge in [0.25, 0.3) is 5.91 Å². The van der Waals surface area contributed by atoms with Crippen LogP contribution in [0.1, 0.15) is 19.8 Å². The molecule has 6 heteroatoms. The van der Waals surface area contributed by atoms with E-state index in [4.69, 9.17) is 4.74 Å². The number of carbonyl (C=O) groups excluding carboxylic acids is 2. The Balaban J connectivity index is 1.40. The number of rotatable bonds is 3. The lowest BCUT2D eigenvalue weighted by Gasteiger charge is -2.44. The van der Waals surface area contributed by atoms with Gasteiger partial charge in [-0.2, -0.15) is 0 Å². The largest absolute Gasteiger partial charge is 0.481 e. The quantitative estimate of drug-likeness (QED) is 0.877. The highest BCUT2D eigenvalue weighted by atomic mass is 16.5. The van der Waals surface area contributed by atoms with Gasteiger partial charge in [-0.3, -0.25) is 9.59 Å². The molecule has 27 heavy (non-hydrogen) atoms. The van der Waals surface area contributed by atoms with E-state index in [1.165, 1.54) is 0 Å². The van der Waals surface area contributed by atoms with E-state index in [1.807, 2.05) is 54.6 Å². The normalized spacial score (nSPS) is 18.9. The molecule has 0 bridgehead atoms. The topological polar surface area (TPSA) is 70.7 Å². The van der Waals surface area contributed by atoms with Crippen LogP contribution in [0, 0.1) is 0 Å². The van der Waals surface area contributed by atoms with E-state index in [2.05, 4.69) is 10.6 Å². The first-order valence-corrected chi connectivity index (χ1v) is 9.27. The summed E-state index contributed by atoms with van der Waals surface area (Å²) in [5.41, 5.74) is 1.07.